The van der Waals surface area contributed by atoms with Gasteiger partial charge >= 0.3 is 0 Å². The molecule has 3 rings (SSSR count). The summed E-state index contributed by atoms with van der Waals surface area (Å²) in [6.45, 7) is 11.5. The van der Waals surface area contributed by atoms with Crippen LogP contribution in [0.25, 0.3) is 0 Å². The van der Waals surface area contributed by atoms with Crippen molar-refractivity contribution >= 4 is 0 Å². The molecule has 5 N–H and O–H groups in total. The lowest BCUT2D eigenvalue weighted by molar-refractivity contribution is 0.439. The fraction of sp³-hybridized carbons (Fsp3) is 0.400. The van der Waals surface area contributed by atoms with Crippen molar-refractivity contribution in [2.45, 2.75) is 52.9 Å². The van der Waals surface area contributed by atoms with E-state index in [4.69, 9.17) is 0 Å². The van der Waals surface area contributed by atoms with Gasteiger partial charge in [0.15, 0.2) is 0 Å². The van der Waals surface area contributed by atoms with Crippen LogP contribution in [0.1, 0.15) is 65.9 Å². The van der Waals surface area contributed by atoms with Crippen LogP contribution in [-0.2, 0) is 5.41 Å². The van der Waals surface area contributed by atoms with Crippen molar-refractivity contribution < 1.29 is 5.11 Å². The molecular weight excluding hydrogens is 344 g/mol. The average molecular weight is 370 g/mol. The predicted molar refractivity (Wildman–Crippen MR) is 105 cm³/mol. The number of phenols is 1. The zero-order valence-corrected chi connectivity index (χ0v) is 16.5. The third kappa shape index (κ3) is 3.13. The summed E-state index contributed by atoms with van der Waals surface area (Å²) in [4.78, 5) is 25.1. The first-order chi connectivity index (χ1) is 12.5. The van der Waals surface area contributed by atoms with Crippen LogP contribution in [0, 0.1) is 20.8 Å². The second-order valence-electron chi connectivity index (χ2n) is 8.17. The Hall–Kier alpha value is -2.96. The number of hydrogen-bond donors (Lipinski definition) is 5. The molecule has 2 heterocycles. The summed E-state index contributed by atoms with van der Waals surface area (Å²) in [5, 5.41) is 22.0. The fourth-order valence-electron chi connectivity index (χ4n) is 3.66. The summed E-state index contributed by atoms with van der Waals surface area (Å²) < 4.78 is 0. The van der Waals surface area contributed by atoms with Gasteiger partial charge in [-0.1, -0.05) is 38.5 Å². The molecule has 0 radical (unpaired) electrons. The first-order valence-corrected chi connectivity index (χ1v) is 8.90. The maximum Gasteiger partial charge on any atom is 0.268 e. The van der Waals surface area contributed by atoms with Crippen molar-refractivity contribution in [2.24, 2.45) is 0 Å². The molecule has 3 aromatic rings. The van der Waals surface area contributed by atoms with E-state index in [9.17, 15) is 14.7 Å². The van der Waals surface area contributed by atoms with Crippen LogP contribution in [0.15, 0.2) is 21.7 Å². The highest BCUT2D eigenvalue weighted by Gasteiger charge is 2.32. The number of benzene rings is 1. The van der Waals surface area contributed by atoms with Crippen LogP contribution < -0.4 is 11.1 Å². The highest BCUT2D eigenvalue weighted by Crippen LogP contribution is 2.42. The van der Waals surface area contributed by atoms with E-state index in [0.29, 0.717) is 28.1 Å². The molecule has 0 fully saturated rings. The van der Waals surface area contributed by atoms with Crippen LogP contribution in [0.2, 0.25) is 0 Å². The zero-order chi connectivity index (χ0) is 20.1. The number of rotatable bonds is 3. The lowest BCUT2D eigenvalue weighted by Crippen LogP contribution is -2.21. The van der Waals surface area contributed by atoms with Crippen molar-refractivity contribution in [2.75, 3.05) is 0 Å². The largest absolute Gasteiger partial charge is 0.507 e. The van der Waals surface area contributed by atoms with Gasteiger partial charge < -0.3 is 15.3 Å². The molecule has 7 heteroatoms. The second-order valence-corrected chi connectivity index (χ2v) is 8.17. The summed E-state index contributed by atoms with van der Waals surface area (Å²) in [6, 6.07) is 3.78. The van der Waals surface area contributed by atoms with Crippen molar-refractivity contribution in [3.8, 4) is 5.75 Å². The minimum atomic E-state index is -0.698. The molecule has 0 aliphatic heterocycles. The number of aromatic amines is 4. The normalized spacial score (nSPS) is 12.1. The van der Waals surface area contributed by atoms with Gasteiger partial charge in [0.1, 0.15) is 5.75 Å². The monoisotopic (exact) mass is 370 g/mol. The quantitative estimate of drug-likeness (QED) is 0.488. The maximum atomic E-state index is 12.6. The van der Waals surface area contributed by atoms with E-state index in [2.05, 4.69) is 20.4 Å². The molecule has 2 aromatic heterocycles. The number of aromatic hydroxyl groups is 1. The molecule has 1 aromatic carbocycles. The Morgan fingerprint density at radius 3 is 1.70 bits per heavy atom. The summed E-state index contributed by atoms with van der Waals surface area (Å²) in [7, 11) is 0. The van der Waals surface area contributed by atoms with Gasteiger partial charge in [-0.15, -0.1) is 0 Å². The summed E-state index contributed by atoms with van der Waals surface area (Å²) >= 11 is 0. The Morgan fingerprint density at radius 2 is 1.33 bits per heavy atom. The molecule has 0 aliphatic rings. The van der Waals surface area contributed by atoms with E-state index in [1.807, 2.05) is 39.8 Å². The minimum absolute atomic E-state index is 0.109. The molecule has 0 aliphatic carbocycles. The lowest BCUT2D eigenvalue weighted by atomic mass is 9.78. The Bertz CT molecular complexity index is 1050. The highest BCUT2D eigenvalue weighted by molar-refractivity contribution is 5.55. The number of H-pyrrole nitrogens is 4. The van der Waals surface area contributed by atoms with E-state index in [-0.39, 0.29) is 22.3 Å². The van der Waals surface area contributed by atoms with Crippen LogP contribution in [-0.4, -0.2) is 25.5 Å². The molecule has 0 atom stereocenters. The topological polar surface area (TPSA) is 118 Å². The molecule has 7 nitrogen and oxygen atoms in total. The zero-order valence-electron chi connectivity index (χ0n) is 16.5. The number of nitrogens with one attached hydrogen (secondary N) is 4. The van der Waals surface area contributed by atoms with Gasteiger partial charge in [-0.3, -0.25) is 19.8 Å². The Kier molecular flexibility index (Phi) is 4.41. The first-order valence-electron chi connectivity index (χ1n) is 8.90. The van der Waals surface area contributed by atoms with E-state index < -0.39 is 5.92 Å². The molecule has 27 heavy (non-hydrogen) atoms. The van der Waals surface area contributed by atoms with E-state index in [0.717, 1.165) is 11.1 Å². The molecule has 0 saturated carbocycles. The van der Waals surface area contributed by atoms with Gasteiger partial charge in [0.2, 0.25) is 0 Å². The van der Waals surface area contributed by atoms with Gasteiger partial charge in [-0.2, -0.15) is 0 Å². The SMILES string of the molecule is Cc1cc(C(c2c(C)[nH][nH]c2=O)c2c(C)[nH][nH]c2=O)c(O)c(C(C)(C)C)c1. The van der Waals surface area contributed by atoms with Crippen molar-refractivity contribution in [3.63, 3.8) is 0 Å². The Balaban J connectivity index is 2.43. The third-order valence-corrected chi connectivity index (χ3v) is 5.00. The van der Waals surface area contributed by atoms with E-state index in [1.54, 1.807) is 13.8 Å². The van der Waals surface area contributed by atoms with Crippen molar-refractivity contribution in [1.29, 1.82) is 0 Å². The molecule has 0 bridgehead atoms. The maximum absolute atomic E-state index is 12.6. The first kappa shape index (κ1) is 18.8. The molecule has 144 valence electrons. The highest BCUT2D eigenvalue weighted by atomic mass is 16.3. The van der Waals surface area contributed by atoms with Crippen LogP contribution in [0.5, 0.6) is 5.75 Å². The van der Waals surface area contributed by atoms with Gasteiger partial charge in [0.05, 0.1) is 17.0 Å². The predicted octanol–water partition coefficient (Wildman–Crippen LogP) is 2.83. The fourth-order valence-corrected chi connectivity index (χ4v) is 3.66. The Labute approximate surface area is 156 Å². The second kappa shape index (κ2) is 6.33. The number of hydrogen-bond acceptors (Lipinski definition) is 3. The summed E-state index contributed by atoms with van der Waals surface area (Å²) in [6.07, 6.45) is 0. The van der Waals surface area contributed by atoms with Crippen LogP contribution in [0.3, 0.4) is 0 Å². The van der Waals surface area contributed by atoms with E-state index >= 15 is 0 Å². The Morgan fingerprint density at radius 1 is 0.852 bits per heavy atom. The standard InChI is InChI=1S/C20H26N4O3/c1-9-7-12(17(25)13(8-9)20(4,5)6)16(14-10(2)21-23-18(14)26)15-11(3)22-24-19(15)27/h7-8,16,25H,1-6H3,(H2,21,23,26)(H2,22,24,27). The molecule has 0 unspecified atom stereocenters. The smallest absolute Gasteiger partial charge is 0.268 e. The van der Waals surface area contributed by atoms with Gasteiger partial charge in [-0.05, 0) is 31.7 Å². The molecule has 0 amide bonds. The number of phenolic OH excluding ortho intramolecular Hbond substituents is 1. The van der Waals surface area contributed by atoms with Gasteiger partial charge in [-0.25, -0.2) is 0 Å². The average Bonchev–Trinajstić information content (AvgIpc) is 3.06. The number of aromatic nitrogens is 4. The van der Waals surface area contributed by atoms with Crippen LogP contribution in [0.4, 0.5) is 0 Å². The molecule has 0 spiro atoms. The lowest BCUT2D eigenvalue weighted by Gasteiger charge is -2.25. The van der Waals surface area contributed by atoms with Crippen molar-refractivity contribution in [3.05, 3.63) is 72.0 Å². The number of aryl methyl sites for hydroxylation is 3. The van der Waals surface area contributed by atoms with Crippen LogP contribution >= 0.6 is 0 Å². The van der Waals surface area contributed by atoms with Gasteiger partial charge in [0.25, 0.3) is 11.1 Å². The summed E-state index contributed by atoms with van der Waals surface area (Å²) in [5.41, 5.74) is 3.45. The van der Waals surface area contributed by atoms with E-state index in [1.165, 1.54) is 0 Å². The molecular formula is C20H26N4O3. The van der Waals surface area contributed by atoms with Gasteiger partial charge in [0, 0.05) is 17.0 Å². The minimum Gasteiger partial charge on any atom is -0.507 e. The molecule has 0 saturated heterocycles. The third-order valence-electron chi connectivity index (χ3n) is 5.00. The summed E-state index contributed by atoms with van der Waals surface area (Å²) in [5.74, 6) is -0.589. The van der Waals surface area contributed by atoms with Crippen molar-refractivity contribution in [1.82, 2.24) is 20.4 Å².